The molecule has 1 unspecified atom stereocenters. The number of hydrogen-bond donors (Lipinski definition) is 1. The Bertz CT molecular complexity index is 97.6. The lowest BCUT2D eigenvalue weighted by atomic mass is 10.3. The zero-order chi connectivity index (χ0) is 9.94. The van der Waals surface area contributed by atoms with Gasteiger partial charge in [-0.05, 0) is 12.8 Å². The minimum Gasteiger partial charge on any atom is -0.385 e. The second-order valence-electron chi connectivity index (χ2n) is 2.81. The van der Waals surface area contributed by atoms with Crippen molar-refractivity contribution in [1.82, 2.24) is 0 Å². The average molecular weight is 192 g/mol. The molecule has 4 heteroatoms. The van der Waals surface area contributed by atoms with Gasteiger partial charge in [0.1, 0.15) is 0 Å². The number of rotatable bonds is 9. The third-order valence-corrected chi connectivity index (χ3v) is 1.60. The van der Waals surface area contributed by atoms with E-state index in [1.54, 1.807) is 14.2 Å². The molecule has 4 nitrogen and oxygen atoms in total. The fourth-order valence-electron chi connectivity index (χ4n) is 0.908. The van der Waals surface area contributed by atoms with Gasteiger partial charge in [-0.2, -0.15) is 0 Å². The highest BCUT2D eigenvalue weighted by molar-refractivity contribution is 4.43. The summed E-state index contributed by atoms with van der Waals surface area (Å²) in [5, 5.41) is 9.26. The van der Waals surface area contributed by atoms with Crippen LogP contribution in [0.3, 0.4) is 0 Å². The Morgan fingerprint density at radius 2 is 1.62 bits per heavy atom. The summed E-state index contributed by atoms with van der Waals surface area (Å²) in [6.07, 6.45) is 1.60. The minimum atomic E-state index is -0.660. The van der Waals surface area contributed by atoms with Crippen LogP contribution in [-0.2, 0) is 14.2 Å². The monoisotopic (exact) mass is 192 g/mol. The van der Waals surface area contributed by atoms with Gasteiger partial charge in [-0.1, -0.05) is 0 Å². The molecule has 0 rings (SSSR count). The molecule has 0 aliphatic rings. The molecule has 80 valence electrons. The normalized spacial score (nSPS) is 13.2. The maximum Gasteiger partial charge on any atom is 0.154 e. The molecule has 0 amide bonds. The Morgan fingerprint density at radius 3 is 2.23 bits per heavy atom. The first-order valence-corrected chi connectivity index (χ1v) is 4.58. The van der Waals surface area contributed by atoms with Crippen LogP contribution in [0.1, 0.15) is 19.3 Å². The molecule has 1 atom stereocenters. The van der Waals surface area contributed by atoms with E-state index in [0.717, 1.165) is 12.8 Å². The van der Waals surface area contributed by atoms with Crippen molar-refractivity contribution in [1.29, 1.82) is 0 Å². The quantitative estimate of drug-likeness (QED) is 0.433. The summed E-state index contributed by atoms with van der Waals surface area (Å²) in [5.74, 6) is 0. The van der Waals surface area contributed by atoms with Gasteiger partial charge in [0.15, 0.2) is 6.29 Å². The van der Waals surface area contributed by atoms with Crippen molar-refractivity contribution in [2.75, 3.05) is 34.0 Å². The highest BCUT2D eigenvalue weighted by Crippen LogP contribution is 1.99. The molecule has 0 saturated heterocycles. The standard InChI is InChI=1S/C9H20O4/c1-11-6-3-5-9(10)13-8-4-7-12-2/h9-10H,3-8H2,1-2H3. The van der Waals surface area contributed by atoms with Gasteiger partial charge in [0.25, 0.3) is 0 Å². The Morgan fingerprint density at radius 1 is 1.00 bits per heavy atom. The first-order chi connectivity index (χ1) is 6.31. The summed E-state index contributed by atoms with van der Waals surface area (Å²) in [6.45, 7) is 1.88. The number of aliphatic hydroxyl groups is 1. The van der Waals surface area contributed by atoms with Crippen LogP contribution in [0.2, 0.25) is 0 Å². The molecule has 1 N–H and O–H groups in total. The lowest BCUT2D eigenvalue weighted by molar-refractivity contribution is -0.108. The SMILES string of the molecule is COCCCOC(O)CCCOC. The summed E-state index contributed by atoms with van der Waals surface area (Å²) >= 11 is 0. The summed E-state index contributed by atoms with van der Waals surface area (Å²) in [4.78, 5) is 0. The lowest BCUT2D eigenvalue weighted by Gasteiger charge is -2.11. The van der Waals surface area contributed by atoms with Gasteiger partial charge < -0.3 is 19.3 Å². The molecule has 13 heavy (non-hydrogen) atoms. The fourth-order valence-corrected chi connectivity index (χ4v) is 0.908. The second kappa shape index (κ2) is 9.92. The van der Waals surface area contributed by atoms with Crippen LogP contribution in [0.25, 0.3) is 0 Å². The molecule has 0 spiro atoms. The lowest BCUT2D eigenvalue weighted by Crippen LogP contribution is -2.14. The zero-order valence-corrected chi connectivity index (χ0v) is 8.49. The Labute approximate surface area is 79.8 Å². The summed E-state index contributed by atoms with van der Waals surface area (Å²) in [7, 11) is 3.29. The topological polar surface area (TPSA) is 47.9 Å². The maximum absolute atomic E-state index is 9.26. The number of methoxy groups -OCH3 is 2. The molecule has 0 saturated carbocycles. The third kappa shape index (κ3) is 9.76. The predicted octanol–water partition coefficient (Wildman–Crippen LogP) is 0.784. The van der Waals surface area contributed by atoms with Gasteiger partial charge in [-0.15, -0.1) is 0 Å². The van der Waals surface area contributed by atoms with E-state index in [1.165, 1.54) is 0 Å². The number of hydrogen-bond acceptors (Lipinski definition) is 4. The highest BCUT2D eigenvalue weighted by Gasteiger charge is 2.02. The summed E-state index contributed by atoms with van der Waals surface area (Å²) in [5.41, 5.74) is 0. The van der Waals surface area contributed by atoms with Crippen molar-refractivity contribution in [2.45, 2.75) is 25.6 Å². The second-order valence-corrected chi connectivity index (χ2v) is 2.81. The molecular formula is C9H20O4. The Balaban J connectivity index is 3.05. The van der Waals surface area contributed by atoms with E-state index in [-0.39, 0.29) is 0 Å². The smallest absolute Gasteiger partial charge is 0.154 e. The van der Waals surface area contributed by atoms with Gasteiger partial charge in [0.05, 0.1) is 6.61 Å². The highest BCUT2D eigenvalue weighted by atomic mass is 16.6. The van der Waals surface area contributed by atoms with Crippen LogP contribution in [0.5, 0.6) is 0 Å². The molecule has 0 aromatic carbocycles. The first kappa shape index (κ1) is 12.8. The van der Waals surface area contributed by atoms with E-state index in [4.69, 9.17) is 14.2 Å². The van der Waals surface area contributed by atoms with Crippen LogP contribution in [0.15, 0.2) is 0 Å². The maximum atomic E-state index is 9.26. The molecule has 0 aromatic heterocycles. The van der Waals surface area contributed by atoms with Gasteiger partial charge in [-0.25, -0.2) is 0 Å². The van der Waals surface area contributed by atoms with E-state index >= 15 is 0 Å². The average Bonchev–Trinajstić information content (AvgIpc) is 2.13. The van der Waals surface area contributed by atoms with E-state index in [9.17, 15) is 5.11 Å². The van der Waals surface area contributed by atoms with Crippen molar-refractivity contribution in [2.24, 2.45) is 0 Å². The van der Waals surface area contributed by atoms with Crippen LogP contribution >= 0.6 is 0 Å². The van der Waals surface area contributed by atoms with E-state index in [0.29, 0.717) is 26.2 Å². The molecule has 0 aromatic rings. The number of aliphatic hydroxyl groups excluding tert-OH is 1. The minimum absolute atomic E-state index is 0.544. The fraction of sp³-hybridized carbons (Fsp3) is 1.00. The van der Waals surface area contributed by atoms with Gasteiger partial charge >= 0.3 is 0 Å². The third-order valence-electron chi connectivity index (χ3n) is 1.60. The molecular weight excluding hydrogens is 172 g/mol. The van der Waals surface area contributed by atoms with E-state index in [1.807, 2.05) is 0 Å². The van der Waals surface area contributed by atoms with Crippen molar-refractivity contribution in [3.05, 3.63) is 0 Å². The summed E-state index contributed by atoms with van der Waals surface area (Å²) in [6, 6.07) is 0. The van der Waals surface area contributed by atoms with Crippen molar-refractivity contribution < 1.29 is 19.3 Å². The van der Waals surface area contributed by atoms with Crippen LogP contribution in [-0.4, -0.2) is 45.4 Å². The molecule has 0 radical (unpaired) electrons. The van der Waals surface area contributed by atoms with Crippen LogP contribution < -0.4 is 0 Å². The van der Waals surface area contributed by atoms with Crippen LogP contribution in [0, 0.1) is 0 Å². The predicted molar refractivity (Wildman–Crippen MR) is 49.6 cm³/mol. The first-order valence-electron chi connectivity index (χ1n) is 4.58. The van der Waals surface area contributed by atoms with Crippen molar-refractivity contribution in [3.8, 4) is 0 Å². The summed E-state index contributed by atoms with van der Waals surface area (Å²) < 4.78 is 14.8. The van der Waals surface area contributed by atoms with Crippen molar-refractivity contribution >= 4 is 0 Å². The Hall–Kier alpha value is -0.160. The van der Waals surface area contributed by atoms with E-state index in [2.05, 4.69) is 0 Å². The van der Waals surface area contributed by atoms with Gasteiger partial charge in [0.2, 0.25) is 0 Å². The van der Waals surface area contributed by atoms with Crippen molar-refractivity contribution in [3.63, 3.8) is 0 Å². The van der Waals surface area contributed by atoms with Crippen LogP contribution in [0.4, 0.5) is 0 Å². The molecule has 0 heterocycles. The largest absolute Gasteiger partial charge is 0.385 e. The molecule has 0 bridgehead atoms. The Kier molecular flexibility index (Phi) is 9.80. The molecule has 0 aliphatic heterocycles. The van der Waals surface area contributed by atoms with E-state index < -0.39 is 6.29 Å². The zero-order valence-electron chi connectivity index (χ0n) is 8.49. The molecule has 0 aliphatic carbocycles. The van der Waals surface area contributed by atoms with Gasteiger partial charge in [0, 0.05) is 33.9 Å². The number of ether oxygens (including phenoxy) is 3. The molecule has 0 fully saturated rings. The van der Waals surface area contributed by atoms with Gasteiger partial charge in [-0.3, -0.25) is 0 Å².